The van der Waals surface area contributed by atoms with E-state index in [9.17, 15) is 13.2 Å². The van der Waals surface area contributed by atoms with Crippen molar-refractivity contribution >= 4 is 6.21 Å². The van der Waals surface area contributed by atoms with Crippen molar-refractivity contribution in [2.24, 2.45) is 4.99 Å². The highest BCUT2D eigenvalue weighted by atomic mass is 19.4. The van der Waals surface area contributed by atoms with E-state index in [0.717, 1.165) is 5.56 Å². The lowest BCUT2D eigenvalue weighted by molar-refractivity contribution is -0.0539. The van der Waals surface area contributed by atoms with Gasteiger partial charge in [0.15, 0.2) is 0 Å². The summed E-state index contributed by atoms with van der Waals surface area (Å²) in [5.74, 6) is 0. The van der Waals surface area contributed by atoms with E-state index in [1.54, 1.807) is 0 Å². The molecule has 0 aromatic heterocycles. The van der Waals surface area contributed by atoms with Crippen LogP contribution in [0.25, 0.3) is 0 Å². The molecule has 15 heavy (non-hydrogen) atoms. The molecule has 4 heteroatoms. The van der Waals surface area contributed by atoms with E-state index in [0.29, 0.717) is 12.8 Å². The molecule has 1 aliphatic carbocycles. The molecule has 0 bridgehead atoms. The molecule has 1 nitrogen and oxygen atoms in total. The average molecular weight is 213 g/mol. The monoisotopic (exact) mass is 213 g/mol. The molecule has 0 atom stereocenters. The van der Waals surface area contributed by atoms with Gasteiger partial charge in [0.25, 0.3) is 0 Å². The van der Waals surface area contributed by atoms with Crippen LogP contribution < -0.4 is 0 Å². The molecule has 0 radical (unpaired) electrons. The zero-order valence-corrected chi connectivity index (χ0v) is 7.96. The Morgan fingerprint density at radius 2 is 1.73 bits per heavy atom. The van der Waals surface area contributed by atoms with Crippen molar-refractivity contribution in [3.8, 4) is 0 Å². The smallest absolute Gasteiger partial charge is 0.277 e. The molecule has 0 amide bonds. The summed E-state index contributed by atoms with van der Waals surface area (Å²) in [6.07, 6.45) is -2.81. The maximum atomic E-state index is 12.0. The molecule has 0 saturated heterocycles. The first-order valence-electron chi connectivity index (χ1n) is 4.71. The Hall–Kier alpha value is -1.32. The van der Waals surface area contributed by atoms with Crippen LogP contribution in [0.3, 0.4) is 0 Å². The summed E-state index contributed by atoms with van der Waals surface area (Å²) >= 11 is 0. The van der Waals surface area contributed by atoms with E-state index in [1.807, 2.05) is 30.3 Å². The minimum atomic E-state index is -4.32. The summed E-state index contributed by atoms with van der Waals surface area (Å²) in [4.78, 5) is 3.66. The van der Waals surface area contributed by atoms with Gasteiger partial charge in [0, 0.05) is 0 Å². The molecular weight excluding hydrogens is 203 g/mol. The molecule has 80 valence electrons. The maximum Gasteiger partial charge on any atom is 0.426 e. The Labute approximate surface area is 85.6 Å². The van der Waals surface area contributed by atoms with Crippen LogP contribution in [-0.2, 0) is 5.54 Å². The van der Waals surface area contributed by atoms with Crippen molar-refractivity contribution in [1.82, 2.24) is 0 Å². The highest BCUT2D eigenvalue weighted by Crippen LogP contribution is 2.49. The number of alkyl halides is 3. The second-order valence-electron chi connectivity index (χ2n) is 3.70. The molecule has 0 heterocycles. The third-order valence-corrected chi connectivity index (χ3v) is 2.49. The Balaban J connectivity index is 2.19. The summed E-state index contributed by atoms with van der Waals surface area (Å²) in [5, 5.41) is 0. The van der Waals surface area contributed by atoms with Crippen LogP contribution in [0.1, 0.15) is 18.4 Å². The third kappa shape index (κ3) is 2.37. The van der Waals surface area contributed by atoms with Gasteiger partial charge < -0.3 is 0 Å². The van der Waals surface area contributed by atoms with Crippen molar-refractivity contribution in [3.63, 3.8) is 0 Å². The number of hydrogen-bond acceptors (Lipinski definition) is 1. The Bertz CT molecular complexity index is 363. The fraction of sp³-hybridized carbons (Fsp3) is 0.364. The summed E-state index contributed by atoms with van der Waals surface area (Å²) in [5.41, 5.74) is 0.266. The van der Waals surface area contributed by atoms with Gasteiger partial charge in [-0.15, -0.1) is 0 Å². The molecule has 2 rings (SSSR count). The van der Waals surface area contributed by atoms with Crippen molar-refractivity contribution < 1.29 is 13.2 Å². The molecule has 1 aliphatic rings. The van der Waals surface area contributed by atoms with E-state index in [1.165, 1.54) is 0 Å². The Morgan fingerprint density at radius 3 is 2.20 bits per heavy atom. The van der Waals surface area contributed by atoms with E-state index < -0.39 is 11.7 Å². The summed E-state index contributed by atoms with van der Waals surface area (Å²) in [7, 11) is 0. The van der Waals surface area contributed by atoms with Crippen LogP contribution in [0.2, 0.25) is 0 Å². The molecule has 1 aromatic rings. The summed E-state index contributed by atoms with van der Waals surface area (Å²) in [6.45, 7) is 0. The van der Waals surface area contributed by atoms with E-state index in [-0.39, 0.29) is 6.21 Å². The van der Waals surface area contributed by atoms with Gasteiger partial charge in [-0.25, -0.2) is 0 Å². The molecular formula is C11H10F3N. The number of benzene rings is 1. The van der Waals surface area contributed by atoms with Gasteiger partial charge >= 0.3 is 6.18 Å². The van der Waals surface area contributed by atoms with Gasteiger partial charge in [-0.1, -0.05) is 30.3 Å². The fourth-order valence-corrected chi connectivity index (χ4v) is 1.56. The van der Waals surface area contributed by atoms with Crippen LogP contribution in [0, 0.1) is 0 Å². The van der Waals surface area contributed by atoms with Crippen LogP contribution in [0.15, 0.2) is 35.3 Å². The van der Waals surface area contributed by atoms with E-state index in [2.05, 4.69) is 4.99 Å². The SMILES string of the molecule is FC(F)(F)C=NC1(c2ccccc2)CC1. The minimum absolute atomic E-state index is 0.104. The summed E-state index contributed by atoms with van der Waals surface area (Å²) in [6, 6.07) is 9.12. The molecule has 1 fully saturated rings. The highest BCUT2D eigenvalue weighted by Gasteiger charge is 2.44. The molecule has 0 spiro atoms. The highest BCUT2D eigenvalue weighted by molar-refractivity contribution is 5.65. The number of hydrogen-bond donors (Lipinski definition) is 0. The topological polar surface area (TPSA) is 12.4 Å². The molecule has 0 aliphatic heterocycles. The van der Waals surface area contributed by atoms with Crippen LogP contribution in [-0.4, -0.2) is 12.4 Å². The minimum Gasteiger partial charge on any atom is -0.277 e. The lowest BCUT2D eigenvalue weighted by Crippen LogP contribution is -2.12. The van der Waals surface area contributed by atoms with Crippen LogP contribution in [0.5, 0.6) is 0 Å². The fourth-order valence-electron chi connectivity index (χ4n) is 1.56. The lowest BCUT2D eigenvalue weighted by Gasteiger charge is -2.10. The first-order chi connectivity index (χ1) is 7.02. The molecule has 0 unspecified atom stereocenters. The third-order valence-electron chi connectivity index (χ3n) is 2.49. The number of rotatable bonds is 2. The quantitative estimate of drug-likeness (QED) is 0.668. The van der Waals surface area contributed by atoms with E-state index >= 15 is 0 Å². The van der Waals surface area contributed by atoms with Gasteiger partial charge in [0.05, 0.1) is 5.54 Å². The summed E-state index contributed by atoms with van der Waals surface area (Å²) < 4.78 is 35.9. The number of nitrogens with zero attached hydrogens (tertiary/aromatic N) is 1. The predicted octanol–water partition coefficient (Wildman–Crippen LogP) is 3.31. The second-order valence-corrected chi connectivity index (χ2v) is 3.70. The van der Waals surface area contributed by atoms with Crippen molar-refractivity contribution in [2.45, 2.75) is 24.6 Å². The Kier molecular flexibility index (Phi) is 2.29. The lowest BCUT2D eigenvalue weighted by atomic mass is 10.1. The van der Waals surface area contributed by atoms with Crippen molar-refractivity contribution in [3.05, 3.63) is 35.9 Å². The largest absolute Gasteiger partial charge is 0.426 e. The van der Waals surface area contributed by atoms with Gasteiger partial charge in [-0.2, -0.15) is 13.2 Å². The number of halogens is 3. The average Bonchev–Trinajstić information content (AvgIpc) is 2.96. The van der Waals surface area contributed by atoms with Crippen LogP contribution in [0.4, 0.5) is 13.2 Å². The second kappa shape index (κ2) is 3.36. The first kappa shape index (κ1) is 10.2. The molecule has 0 N–H and O–H groups in total. The van der Waals surface area contributed by atoms with Gasteiger partial charge in [-0.3, -0.25) is 4.99 Å². The van der Waals surface area contributed by atoms with Crippen molar-refractivity contribution in [2.75, 3.05) is 0 Å². The zero-order valence-electron chi connectivity index (χ0n) is 7.96. The number of aliphatic imine (C=N–C) groups is 1. The molecule has 1 saturated carbocycles. The zero-order chi connectivity index (χ0) is 10.9. The van der Waals surface area contributed by atoms with E-state index in [4.69, 9.17) is 0 Å². The predicted molar refractivity (Wildman–Crippen MR) is 51.9 cm³/mol. The maximum absolute atomic E-state index is 12.0. The van der Waals surface area contributed by atoms with Crippen LogP contribution >= 0.6 is 0 Å². The Morgan fingerprint density at radius 1 is 1.13 bits per heavy atom. The molecule has 1 aromatic carbocycles. The van der Waals surface area contributed by atoms with Gasteiger partial charge in [-0.05, 0) is 18.4 Å². The first-order valence-corrected chi connectivity index (χ1v) is 4.71. The normalized spacial score (nSPS) is 19.4. The van der Waals surface area contributed by atoms with Gasteiger partial charge in [0.2, 0.25) is 0 Å². The standard InChI is InChI=1S/C11H10F3N/c12-11(13,14)8-15-10(6-7-10)9-4-2-1-3-5-9/h1-5,8H,6-7H2. The van der Waals surface area contributed by atoms with Crippen molar-refractivity contribution in [1.29, 1.82) is 0 Å². The van der Waals surface area contributed by atoms with Gasteiger partial charge in [0.1, 0.15) is 6.21 Å².